The van der Waals surface area contributed by atoms with Crippen LogP contribution < -0.4 is 0 Å². The first-order chi connectivity index (χ1) is 13.1. The summed E-state index contributed by atoms with van der Waals surface area (Å²) in [5.41, 5.74) is 2.09. The van der Waals surface area contributed by atoms with Gasteiger partial charge in [-0.15, -0.1) is 0 Å². The lowest BCUT2D eigenvalue weighted by Gasteiger charge is -2.07. The van der Waals surface area contributed by atoms with E-state index in [1.165, 1.54) is 50.6 Å². The van der Waals surface area contributed by atoms with Crippen molar-refractivity contribution in [2.45, 2.75) is 13.8 Å². The zero-order chi connectivity index (χ0) is 21.4. The lowest BCUT2D eigenvalue weighted by molar-refractivity contribution is 0.0586. The SMILES string of the molecule is COC(=O)c1ccc(C(=O)OC)cc1.Cc1c(C(=O)O)ccc(C(=O)O)c1C. The first-order valence-corrected chi connectivity index (χ1v) is 7.97. The van der Waals surface area contributed by atoms with Gasteiger partial charge in [0.1, 0.15) is 0 Å². The van der Waals surface area contributed by atoms with Gasteiger partial charge in [-0.3, -0.25) is 0 Å². The average molecular weight is 388 g/mol. The van der Waals surface area contributed by atoms with Crippen LogP contribution in [0.3, 0.4) is 0 Å². The Hall–Kier alpha value is -3.68. The second-order valence-corrected chi connectivity index (χ2v) is 5.58. The number of carbonyl (C=O) groups excluding carboxylic acids is 2. The Morgan fingerprint density at radius 3 is 1.14 bits per heavy atom. The molecule has 0 aliphatic heterocycles. The molecule has 2 aromatic carbocycles. The largest absolute Gasteiger partial charge is 0.478 e. The van der Waals surface area contributed by atoms with E-state index >= 15 is 0 Å². The Labute approximate surface area is 161 Å². The number of esters is 2. The van der Waals surface area contributed by atoms with Gasteiger partial charge in [-0.1, -0.05) is 0 Å². The summed E-state index contributed by atoms with van der Waals surface area (Å²) in [5.74, 6) is -2.94. The molecular formula is C20H20O8. The second-order valence-electron chi connectivity index (χ2n) is 5.58. The topological polar surface area (TPSA) is 127 Å². The van der Waals surface area contributed by atoms with Crippen molar-refractivity contribution >= 4 is 23.9 Å². The van der Waals surface area contributed by atoms with Crippen molar-refractivity contribution in [1.29, 1.82) is 0 Å². The molecule has 2 N–H and O–H groups in total. The fraction of sp³-hybridized carbons (Fsp3) is 0.200. The van der Waals surface area contributed by atoms with E-state index in [2.05, 4.69) is 9.47 Å². The summed E-state index contributed by atoms with van der Waals surface area (Å²) < 4.78 is 9.02. The van der Waals surface area contributed by atoms with Crippen molar-refractivity contribution in [3.8, 4) is 0 Å². The zero-order valence-corrected chi connectivity index (χ0v) is 15.8. The van der Waals surface area contributed by atoms with Gasteiger partial charge >= 0.3 is 23.9 Å². The standard InChI is InChI=1S/2C10H10O4/c1-13-9(11)7-3-5-8(6-4-7)10(12)14-2;1-5-6(2)8(10(13)14)4-3-7(5)9(11)12/h3-6H,1-2H3;3-4H,1-2H3,(H,11,12)(H,13,14). The summed E-state index contributed by atoms with van der Waals surface area (Å²) in [5, 5.41) is 17.5. The van der Waals surface area contributed by atoms with E-state index in [4.69, 9.17) is 10.2 Å². The molecule has 0 heterocycles. The summed E-state index contributed by atoms with van der Waals surface area (Å²) in [7, 11) is 2.60. The molecule has 0 saturated carbocycles. The Bertz CT molecular complexity index is 823. The zero-order valence-electron chi connectivity index (χ0n) is 15.8. The maximum atomic E-state index is 11.0. The summed E-state index contributed by atoms with van der Waals surface area (Å²) in [4.78, 5) is 43.5. The molecule has 0 spiro atoms. The summed E-state index contributed by atoms with van der Waals surface area (Å²) in [6, 6.07) is 8.68. The molecule has 0 saturated heterocycles. The molecule has 2 aromatic rings. The normalized spacial score (nSPS) is 9.57. The van der Waals surface area contributed by atoms with Crippen LogP contribution in [0.5, 0.6) is 0 Å². The van der Waals surface area contributed by atoms with E-state index in [1.807, 2.05) is 0 Å². The Balaban J connectivity index is 0.000000280. The lowest BCUT2D eigenvalue weighted by atomic mass is 9.98. The molecule has 2 rings (SSSR count). The number of hydrogen-bond donors (Lipinski definition) is 2. The van der Waals surface area contributed by atoms with Crippen LogP contribution in [-0.4, -0.2) is 48.3 Å². The number of ether oxygens (including phenoxy) is 2. The minimum absolute atomic E-state index is 0.146. The van der Waals surface area contributed by atoms with Crippen molar-refractivity contribution in [3.63, 3.8) is 0 Å². The lowest BCUT2D eigenvalue weighted by Crippen LogP contribution is -2.06. The molecule has 8 nitrogen and oxygen atoms in total. The molecule has 0 bridgehead atoms. The number of aromatic carboxylic acids is 2. The number of benzene rings is 2. The highest BCUT2D eigenvalue weighted by molar-refractivity contribution is 5.95. The predicted molar refractivity (Wildman–Crippen MR) is 99.0 cm³/mol. The van der Waals surface area contributed by atoms with E-state index in [9.17, 15) is 19.2 Å². The highest BCUT2D eigenvalue weighted by atomic mass is 16.5. The molecule has 148 valence electrons. The maximum Gasteiger partial charge on any atom is 0.337 e. The van der Waals surface area contributed by atoms with Crippen LogP contribution in [0.2, 0.25) is 0 Å². The van der Waals surface area contributed by atoms with Gasteiger partial charge in [0.15, 0.2) is 0 Å². The van der Waals surface area contributed by atoms with Crippen molar-refractivity contribution in [1.82, 2.24) is 0 Å². The van der Waals surface area contributed by atoms with E-state index < -0.39 is 23.9 Å². The van der Waals surface area contributed by atoms with Crippen LogP contribution in [0.25, 0.3) is 0 Å². The highest BCUT2D eigenvalue weighted by Gasteiger charge is 2.14. The number of carboxylic acids is 2. The van der Waals surface area contributed by atoms with E-state index in [-0.39, 0.29) is 11.1 Å². The summed E-state index contributed by atoms with van der Waals surface area (Å²) in [6.07, 6.45) is 0. The Kier molecular flexibility index (Phi) is 7.88. The predicted octanol–water partition coefficient (Wildman–Crippen LogP) is 2.96. The number of hydrogen-bond acceptors (Lipinski definition) is 6. The third kappa shape index (κ3) is 5.41. The maximum absolute atomic E-state index is 11.0. The van der Waals surface area contributed by atoms with Crippen LogP contribution in [0.15, 0.2) is 36.4 Å². The minimum atomic E-state index is -1.04. The van der Waals surface area contributed by atoms with Gasteiger partial charge in [-0.25, -0.2) is 19.2 Å². The number of methoxy groups -OCH3 is 2. The van der Waals surface area contributed by atoms with Crippen molar-refractivity contribution in [2.24, 2.45) is 0 Å². The third-order valence-electron chi connectivity index (χ3n) is 3.98. The van der Waals surface area contributed by atoms with Crippen LogP contribution in [-0.2, 0) is 9.47 Å². The quantitative estimate of drug-likeness (QED) is 0.765. The number of carbonyl (C=O) groups is 4. The third-order valence-corrected chi connectivity index (χ3v) is 3.98. The Morgan fingerprint density at radius 2 is 0.929 bits per heavy atom. The molecule has 0 amide bonds. The summed E-state index contributed by atoms with van der Waals surface area (Å²) >= 11 is 0. The minimum Gasteiger partial charge on any atom is -0.478 e. The molecule has 0 radical (unpaired) electrons. The van der Waals surface area contributed by atoms with Crippen molar-refractivity contribution in [3.05, 3.63) is 69.8 Å². The molecule has 8 heteroatoms. The summed E-state index contributed by atoms with van der Waals surface area (Å²) in [6.45, 7) is 3.20. The first-order valence-electron chi connectivity index (χ1n) is 7.97. The fourth-order valence-electron chi connectivity index (χ4n) is 2.26. The van der Waals surface area contributed by atoms with Gasteiger partial charge in [0, 0.05) is 0 Å². The molecular weight excluding hydrogens is 368 g/mol. The van der Waals surface area contributed by atoms with Gasteiger partial charge in [0.2, 0.25) is 0 Å². The van der Waals surface area contributed by atoms with Gasteiger partial charge < -0.3 is 19.7 Å². The molecule has 0 aliphatic rings. The fourth-order valence-corrected chi connectivity index (χ4v) is 2.26. The second kappa shape index (κ2) is 9.86. The molecule has 28 heavy (non-hydrogen) atoms. The van der Waals surface area contributed by atoms with Gasteiger partial charge in [-0.05, 0) is 61.4 Å². The molecule has 0 unspecified atom stereocenters. The van der Waals surface area contributed by atoms with E-state index in [0.717, 1.165) is 0 Å². The smallest absolute Gasteiger partial charge is 0.337 e. The van der Waals surface area contributed by atoms with Crippen molar-refractivity contribution < 1.29 is 38.9 Å². The van der Waals surface area contributed by atoms with Crippen LogP contribution in [0.1, 0.15) is 52.6 Å². The van der Waals surface area contributed by atoms with Gasteiger partial charge in [0.25, 0.3) is 0 Å². The molecule has 0 atom stereocenters. The van der Waals surface area contributed by atoms with Gasteiger partial charge in [-0.2, -0.15) is 0 Å². The van der Waals surface area contributed by atoms with Crippen LogP contribution in [0.4, 0.5) is 0 Å². The highest BCUT2D eigenvalue weighted by Crippen LogP contribution is 2.17. The molecule has 0 aliphatic carbocycles. The van der Waals surface area contributed by atoms with E-state index in [0.29, 0.717) is 22.3 Å². The average Bonchev–Trinajstić information content (AvgIpc) is 2.68. The number of rotatable bonds is 4. The first kappa shape index (κ1) is 22.4. The number of carboxylic acid groups (broad SMARTS) is 2. The van der Waals surface area contributed by atoms with E-state index in [1.54, 1.807) is 13.8 Å². The van der Waals surface area contributed by atoms with Crippen molar-refractivity contribution in [2.75, 3.05) is 14.2 Å². The monoisotopic (exact) mass is 388 g/mol. The Morgan fingerprint density at radius 1 is 0.643 bits per heavy atom. The van der Waals surface area contributed by atoms with Crippen LogP contribution >= 0.6 is 0 Å². The van der Waals surface area contributed by atoms with Crippen LogP contribution in [0, 0.1) is 13.8 Å². The molecule has 0 fully saturated rings. The van der Waals surface area contributed by atoms with Gasteiger partial charge in [0.05, 0.1) is 36.5 Å². The molecule has 0 aromatic heterocycles.